The van der Waals surface area contributed by atoms with Crippen molar-refractivity contribution >= 4 is 35.6 Å². The number of carbonyl (C=O) groups is 5. The van der Waals surface area contributed by atoms with Crippen LogP contribution in [0.15, 0.2) is 4.99 Å². The van der Waals surface area contributed by atoms with E-state index in [0.29, 0.717) is 19.4 Å². The van der Waals surface area contributed by atoms with Gasteiger partial charge in [-0.15, -0.1) is 0 Å². The maximum absolute atomic E-state index is 12.7. The van der Waals surface area contributed by atoms with Crippen LogP contribution in [-0.2, 0) is 24.0 Å². The highest BCUT2D eigenvalue weighted by molar-refractivity contribution is 5.92. The second-order valence-electron chi connectivity index (χ2n) is 7.58. The van der Waals surface area contributed by atoms with Gasteiger partial charge < -0.3 is 49.7 Å². The predicted octanol–water partition coefficient (Wildman–Crippen LogP) is -4.07. The van der Waals surface area contributed by atoms with Gasteiger partial charge in [-0.1, -0.05) is 6.42 Å². The van der Waals surface area contributed by atoms with Crippen molar-refractivity contribution in [1.82, 2.24) is 16.0 Å². The highest BCUT2D eigenvalue weighted by Gasteiger charge is 2.27. The number of carboxylic acid groups (broad SMARTS) is 1. The SMILES string of the molecule is NCCCCC(N)C(=O)NCC(=O)NC(CCCN=C(N)N)C(=O)NC(CCC(N)=O)C(=O)O. The molecule has 14 N–H and O–H groups in total. The Morgan fingerprint density at radius 2 is 1.53 bits per heavy atom. The number of carbonyl (C=O) groups excluding carboxylic acids is 4. The Bertz CT molecular complexity index is 727. The molecule has 15 nitrogen and oxygen atoms in total. The van der Waals surface area contributed by atoms with Crippen LogP contribution in [0.4, 0.5) is 0 Å². The van der Waals surface area contributed by atoms with Crippen molar-refractivity contribution in [2.45, 2.75) is 63.1 Å². The molecule has 0 saturated heterocycles. The lowest BCUT2D eigenvalue weighted by molar-refractivity contribution is -0.142. The van der Waals surface area contributed by atoms with Crippen molar-refractivity contribution in [2.75, 3.05) is 19.6 Å². The largest absolute Gasteiger partial charge is 0.480 e. The molecule has 0 aromatic carbocycles. The lowest BCUT2D eigenvalue weighted by Gasteiger charge is -2.21. The molecule has 15 heteroatoms. The third-order valence-corrected chi connectivity index (χ3v) is 4.62. The zero-order valence-corrected chi connectivity index (χ0v) is 19.1. The van der Waals surface area contributed by atoms with Gasteiger partial charge in [-0.2, -0.15) is 0 Å². The number of aliphatic carboxylic acids is 1. The summed E-state index contributed by atoms with van der Waals surface area (Å²) in [5, 5.41) is 16.4. The van der Waals surface area contributed by atoms with Crippen LogP contribution in [-0.4, -0.2) is 78.4 Å². The van der Waals surface area contributed by atoms with Crippen molar-refractivity contribution in [3.8, 4) is 0 Å². The third-order valence-electron chi connectivity index (χ3n) is 4.62. The number of hydrogen-bond donors (Lipinski definition) is 9. The number of aliphatic imine (C=N–C) groups is 1. The summed E-state index contributed by atoms with van der Waals surface area (Å²) in [6.07, 6.45) is 1.67. The second kappa shape index (κ2) is 17.1. The van der Waals surface area contributed by atoms with Crippen LogP contribution in [0, 0.1) is 0 Å². The average molecular weight is 488 g/mol. The summed E-state index contributed by atoms with van der Waals surface area (Å²) in [6.45, 7) is 0.209. The van der Waals surface area contributed by atoms with E-state index in [1.807, 2.05) is 0 Å². The number of unbranched alkanes of at least 4 members (excludes halogenated alkanes) is 1. The van der Waals surface area contributed by atoms with E-state index in [4.69, 9.17) is 28.7 Å². The van der Waals surface area contributed by atoms with Crippen LogP contribution >= 0.6 is 0 Å². The highest BCUT2D eigenvalue weighted by atomic mass is 16.4. The number of rotatable bonds is 18. The van der Waals surface area contributed by atoms with Gasteiger partial charge in [0, 0.05) is 13.0 Å². The van der Waals surface area contributed by atoms with Crippen molar-refractivity contribution < 1.29 is 29.1 Å². The normalized spacial score (nSPS) is 13.1. The fraction of sp³-hybridized carbons (Fsp3) is 0.684. The molecule has 0 rings (SSSR count). The van der Waals surface area contributed by atoms with Crippen molar-refractivity contribution in [3.63, 3.8) is 0 Å². The zero-order chi connectivity index (χ0) is 26.1. The molecule has 0 spiro atoms. The minimum atomic E-state index is -1.39. The number of nitrogens with one attached hydrogen (secondary N) is 3. The number of hydrogen-bond acceptors (Lipinski definition) is 8. The smallest absolute Gasteiger partial charge is 0.326 e. The minimum Gasteiger partial charge on any atom is -0.480 e. The van der Waals surface area contributed by atoms with Gasteiger partial charge in [0.05, 0.1) is 12.6 Å². The Labute approximate surface area is 197 Å². The van der Waals surface area contributed by atoms with Gasteiger partial charge in [0.1, 0.15) is 12.1 Å². The number of nitrogens with two attached hydrogens (primary N) is 5. The Balaban J connectivity index is 5.01. The topological polar surface area (TPSA) is 284 Å². The predicted molar refractivity (Wildman–Crippen MR) is 124 cm³/mol. The molecular weight excluding hydrogens is 450 g/mol. The molecule has 0 fully saturated rings. The van der Waals surface area contributed by atoms with Gasteiger partial charge in [0.25, 0.3) is 0 Å². The molecule has 0 saturated carbocycles. The van der Waals surface area contributed by atoms with Crippen LogP contribution in [0.2, 0.25) is 0 Å². The first-order valence-corrected chi connectivity index (χ1v) is 10.9. The van der Waals surface area contributed by atoms with Crippen LogP contribution in [0.5, 0.6) is 0 Å². The fourth-order valence-corrected chi connectivity index (χ4v) is 2.77. The van der Waals surface area contributed by atoms with E-state index in [1.165, 1.54) is 0 Å². The summed E-state index contributed by atoms with van der Waals surface area (Å²) in [6, 6.07) is -3.34. The molecule has 0 aliphatic heterocycles. The number of carboxylic acids is 1. The first-order chi connectivity index (χ1) is 16.0. The standard InChI is InChI=1S/C19H37N9O6/c20-8-2-1-4-11(21)16(31)26-10-15(30)27-12(5-3-9-25-19(23)24)17(32)28-13(18(33)34)6-7-14(22)29/h11-13H,1-10,20-21H2,(H2,22,29)(H,26,31)(H,27,30)(H,28,32)(H,33,34)(H4,23,24,25). The monoisotopic (exact) mass is 487 g/mol. The molecule has 0 heterocycles. The van der Waals surface area contributed by atoms with E-state index < -0.39 is 54.3 Å². The van der Waals surface area contributed by atoms with Gasteiger partial charge in [0.15, 0.2) is 5.96 Å². The lowest BCUT2D eigenvalue weighted by atomic mass is 10.1. The fourth-order valence-electron chi connectivity index (χ4n) is 2.77. The van der Waals surface area contributed by atoms with E-state index in [0.717, 1.165) is 6.42 Å². The summed E-state index contributed by atoms with van der Waals surface area (Å²) in [5.74, 6) is -4.24. The van der Waals surface area contributed by atoms with Gasteiger partial charge in [-0.3, -0.25) is 24.2 Å². The summed E-state index contributed by atoms with van der Waals surface area (Å²) < 4.78 is 0. The number of guanidine groups is 1. The first-order valence-electron chi connectivity index (χ1n) is 10.9. The van der Waals surface area contributed by atoms with E-state index >= 15 is 0 Å². The Kier molecular flexibility index (Phi) is 15.3. The average Bonchev–Trinajstić information content (AvgIpc) is 2.76. The lowest BCUT2D eigenvalue weighted by Crippen LogP contribution is -2.53. The highest BCUT2D eigenvalue weighted by Crippen LogP contribution is 2.03. The maximum Gasteiger partial charge on any atom is 0.326 e. The molecular formula is C19H37N9O6. The van der Waals surface area contributed by atoms with E-state index in [-0.39, 0.29) is 38.2 Å². The second-order valence-corrected chi connectivity index (χ2v) is 7.58. The molecule has 4 amide bonds. The molecule has 0 aliphatic rings. The molecule has 34 heavy (non-hydrogen) atoms. The van der Waals surface area contributed by atoms with Gasteiger partial charge in [-0.25, -0.2) is 4.79 Å². The van der Waals surface area contributed by atoms with Crippen LogP contribution in [0.1, 0.15) is 44.9 Å². The molecule has 3 atom stereocenters. The molecule has 0 radical (unpaired) electrons. The van der Waals surface area contributed by atoms with Crippen LogP contribution in [0.3, 0.4) is 0 Å². The Morgan fingerprint density at radius 3 is 2.09 bits per heavy atom. The summed E-state index contributed by atoms with van der Waals surface area (Å²) in [5.41, 5.74) is 26.7. The molecule has 0 aromatic heterocycles. The summed E-state index contributed by atoms with van der Waals surface area (Å²) >= 11 is 0. The number of nitrogens with zero attached hydrogens (tertiary/aromatic N) is 1. The van der Waals surface area contributed by atoms with Gasteiger partial charge >= 0.3 is 5.97 Å². The summed E-state index contributed by atoms with van der Waals surface area (Å²) in [4.78, 5) is 63.1. The van der Waals surface area contributed by atoms with Gasteiger partial charge in [-0.05, 0) is 38.6 Å². The van der Waals surface area contributed by atoms with Crippen molar-refractivity contribution in [1.29, 1.82) is 0 Å². The minimum absolute atomic E-state index is 0.0725. The first kappa shape index (κ1) is 30.5. The van der Waals surface area contributed by atoms with E-state index in [2.05, 4.69) is 20.9 Å². The molecule has 0 aromatic rings. The van der Waals surface area contributed by atoms with Crippen molar-refractivity contribution in [2.24, 2.45) is 33.7 Å². The van der Waals surface area contributed by atoms with Gasteiger partial charge in [0.2, 0.25) is 23.6 Å². The molecule has 0 aliphatic carbocycles. The maximum atomic E-state index is 12.7. The van der Waals surface area contributed by atoms with Crippen LogP contribution < -0.4 is 44.6 Å². The number of amides is 4. The Hall–Kier alpha value is -3.46. The zero-order valence-electron chi connectivity index (χ0n) is 19.1. The van der Waals surface area contributed by atoms with E-state index in [1.54, 1.807) is 0 Å². The molecule has 194 valence electrons. The molecule has 3 unspecified atom stereocenters. The Morgan fingerprint density at radius 1 is 0.853 bits per heavy atom. The van der Waals surface area contributed by atoms with Crippen LogP contribution in [0.25, 0.3) is 0 Å². The van der Waals surface area contributed by atoms with E-state index in [9.17, 15) is 29.1 Å². The summed E-state index contributed by atoms with van der Waals surface area (Å²) in [7, 11) is 0. The third kappa shape index (κ3) is 14.6. The molecule has 0 bridgehead atoms. The van der Waals surface area contributed by atoms with Crippen molar-refractivity contribution in [3.05, 3.63) is 0 Å². The quantitative estimate of drug-likeness (QED) is 0.0511. The number of primary amides is 1.